The Morgan fingerprint density at radius 1 is 1.44 bits per heavy atom. The molecule has 0 aromatic heterocycles. The molecule has 0 radical (unpaired) electrons. The van der Waals surface area contributed by atoms with Crippen LogP contribution in [0.4, 0.5) is 9.18 Å². The van der Waals surface area contributed by atoms with Gasteiger partial charge < -0.3 is 15.4 Å². The quantitative estimate of drug-likeness (QED) is 0.890. The summed E-state index contributed by atoms with van der Waals surface area (Å²) < 4.78 is 17.8. The van der Waals surface area contributed by atoms with Gasteiger partial charge in [-0.2, -0.15) is 0 Å². The minimum atomic E-state index is -0.897. The Bertz CT molecular complexity index is 413. The maximum Gasteiger partial charge on any atom is 0.410 e. The Morgan fingerprint density at radius 2 is 2.17 bits per heavy atom. The van der Waals surface area contributed by atoms with E-state index >= 15 is 0 Å². The van der Waals surface area contributed by atoms with Crippen LogP contribution in [0.5, 0.6) is 0 Å². The van der Waals surface area contributed by atoms with Gasteiger partial charge in [-0.1, -0.05) is 30.3 Å². The molecule has 18 heavy (non-hydrogen) atoms. The van der Waals surface area contributed by atoms with E-state index in [0.717, 1.165) is 5.56 Å². The van der Waals surface area contributed by atoms with Crippen molar-refractivity contribution >= 4 is 6.09 Å². The molecule has 1 fully saturated rings. The van der Waals surface area contributed by atoms with Crippen LogP contribution in [0.15, 0.2) is 30.3 Å². The Kier molecular flexibility index (Phi) is 3.81. The first-order chi connectivity index (χ1) is 8.63. The lowest BCUT2D eigenvalue weighted by atomic mass is 10.0. The van der Waals surface area contributed by atoms with E-state index in [1.165, 1.54) is 4.90 Å². The van der Waals surface area contributed by atoms with E-state index in [-0.39, 0.29) is 13.2 Å². The molecule has 0 aliphatic carbocycles. The molecule has 1 saturated heterocycles. The number of benzene rings is 1. The number of likely N-dealkylation sites (tertiary alicyclic amines) is 1. The number of nitrogens with zero attached hydrogens (tertiary/aromatic N) is 1. The van der Waals surface area contributed by atoms with Crippen molar-refractivity contribution in [1.82, 2.24) is 4.90 Å². The second-order valence-corrected chi connectivity index (χ2v) is 4.71. The van der Waals surface area contributed by atoms with Crippen LogP contribution in [0, 0.1) is 0 Å². The van der Waals surface area contributed by atoms with Crippen LogP contribution < -0.4 is 5.73 Å². The number of carbonyl (C=O) groups excluding carboxylic acids is 1. The van der Waals surface area contributed by atoms with Crippen LogP contribution in [0.2, 0.25) is 0 Å². The first-order valence-corrected chi connectivity index (χ1v) is 5.93. The Balaban J connectivity index is 1.83. The first-order valence-electron chi connectivity index (χ1n) is 5.93. The highest BCUT2D eigenvalue weighted by Crippen LogP contribution is 2.20. The van der Waals surface area contributed by atoms with Crippen LogP contribution in [0.1, 0.15) is 12.0 Å². The summed E-state index contributed by atoms with van der Waals surface area (Å²) in [7, 11) is 0. The average Bonchev–Trinajstić information content (AvgIpc) is 2.81. The van der Waals surface area contributed by atoms with E-state index in [9.17, 15) is 9.18 Å². The summed E-state index contributed by atoms with van der Waals surface area (Å²) in [5, 5.41) is 0. The van der Waals surface area contributed by atoms with Crippen molar-refractivity contribution in [3.63, 3.8) is 0 Å². The normalized spacial score (nSPS) is 23.1. The van der Waals surface area contributed by atoms with Crippen molar-refractivity contribution in [2.45, 2.75) is 18.6 Å². The van der Waals surface area contributed by atoms with E-state index in [0.29, 0.717) is 13.0 Å². The molecule has 1 unspecified atom stereocenters. The van der Waals surface area contributed by atoms with Gasteiger partial charge in [0.2, 0.25) is 0 Å². The Labute approximate surface area is 106 Å². The number of ether oxygens (including phenoxy) is 1. The molecule has 1 amide bonds. The number of amides is 1. The molecule has 1 aromatic rings. The fourth-order valence-corrected chi connectivity index (χ4v) is 1.97. The molecule has 1 aromatic carbocycles. The van der Waals surface area contributed by atoms with E-state index in [4.69, 9.17) is 10.5 Å². The third-order valence-electron chi connectivity index (χ3n) is 3.11. The summed E-state index contributed by atoms with van der Waals surface area (Å²) in [6.07, 6.45) is 0.0452. The number of nitrogens with two attached hydrogens (primary N) is 1. The van der Waals surface area contributed by atoms with Crippen LogP contribution in [-0.4, -0.2) is 36.3 Å². The zero-order chi connectivity index (χ0) is 13.0. The average molecular weight is 252 g/mol. The number of carbonyl (C=O) groups is 1. The fourth-order valence-electron chi connectivity index (χ4n) is 1.97. The molecule has 1 atom stereocenters. The molecule has 4 nitrogen and oxygen atoms in total. The standard InChI is InChI=1S/C13H17FN2O2/c14-9-13(15)6-7-16(10-13)12(17)18-8-11-4-2-1-3-5-11/h1-5H,6-10,15H2. The first kappa shape index (κ1) is 12.8. The second-order valence-electron chi connectivity index (χ2n) is 4.71. The van der Waals surface area contributed by atoms with Crippen molar-refractivity contribution in [3.05, 3.63) is 35.9 Å². The van der Waals surface area contributed by atoms with Crippen LogP contribution in [-0.2, 0) is 11.3 Å². The molecule has 1 aliphatic heterocycles. The van der Waals surface area contributed by atoms with Gasteiger partial charge in [0.1, 0.15) is 13.3 Å². The highest BCUT2D eigenvalue weighted by Gasteiger charge is 2.37. The maximum absolute atomic E-state index is 12.7. The number of alkyl halides is 1. The van der Waals surface area contributed by atoms with Gasteiger partial charge in [-0.05, 0) is 12.0 Å². The molecular weight excluding hydrogens is 235 g/mol. The molecule has 2 rings (SSSR count). The lowest BCUT2D eigenvalue weighted by Crippen LogP contribution is -2.45. The van der Waals surface area contributed by atoms with Crippen molar-refractivity contribution in [1.29, 1.82) is 0 Å². The SMILES string of the molecule is NC1(CF)CCN(C(=O)OCc2ccccc2)C1. The molecule has 1 heterocycles. The van der Waals surface area contributed by atoms with Gasteiger partial charge in [0, 0.05) is 13.1 Å². The van der Waals surface area contributed by atoms with Gasteiger partial charge in [0.15, 0.2) is 0 Å². The van der Waals surface area contributed by atoms with E-state index < -0.39 is 18.3 Å². The monoisotopic (exact) mass is 252 g/mol. The molecule has 98 valence electrons. The van der Waals surface area contributed by atoms with Crippen LogP contribution >= 0.6 is 0 Å². The summed E-state index contributed by atoms with van der Waals surface area (Å²) in [4.78, 5) is 13.2. The fraction of sp³-hybridized carbons (Fsp3) is 0.462. The zero-order valence-electron chi connectivity index (χ0n) is 10.1. The Hall–Kier alpha value is -1.62. The van der Waals surface area contributed by atoms with E-state index in [2.05, 4.69) is 0 Å². The number of halogens is 1. The molecule has 1 aliphatic rings. The van der Waals surface area contributed by atoms with Gasteiger partial charge >= 0.3 is 6.09 Å². The summed E-state index contributed by atoms with van der Waals surface area (Å²) >= 11 is 0. The predicted octanol–water partition coefficient (Wildman–Crippen LogP) is 1.70. The highest BCUT2D eigenvalue weighted by atomic mass is 19.1. The van der Waals surface area contributed by atoms with E-state index in [1.54, 1.807) is 0 Å². The summed E-state index contributed by atoms with van der Waals surface area (Å²) in [6.45, 7) is 0.282. The molecule has 0 bridgehead atoms. The second kappa shape index (κ2) is 5.35. The Morgan fingerprint density at radius 3 is 2.78 bits per heavy atom. The van der Waals surface area contributed by atoms with Crippen molar-refractivity contribution < 1.29 is 13.9 Å². The van der Waals surface area contributed by atoms with Crippen LogP contribution in [0.25, 0.3) is 0 Å². The third-order valence-corrected chi connectivity index (χ3v) is 3.11. The summed E-state index contributed by atoms with van der Waals surface area (Å²) in [6, 6.07) is 9.42. The smallest absolute Gasteiger partial charge is 0.410 e. The van der Waals surface area contributed by atoms with Gasteiger partial charge in [-0.15, -0.1) is 0 Å². The number of hydrogen-bond donors (Lipinski definition) is 1. The molecule has 0 spiro atoms. The lowest BCUT2D eigenvalue weighted by molar-refractivity contribution is 0.101. The van der Waals surface area contributed by atoms with Crippen molar-refractivity contribution in [2.24, 2.45) is 5.73 Å². The molecular formula is C13H17FN2O2. The predicted molar refractivity (Wildman–Crippen MR) is 65.7 cm³/mol. The van der Waals surface area contributed by atoms with Gasteiger partial charge in [0.25, 0.3) is 0 Å². The highest BCUT2D eigenvalue weighted by molar-refractivity contribution is 5.68. The van der Waals surface area contributed by atoms with E-state index in [1.807, 2.05) is 30.3 Å². The van der Waals surface area contributed by atoms with Crippen LogP contribution in [0.3, 0.4) is 0 Å². The minimum Gasteiger partial charge on any atom is -0.445 e. The van der Waals surface area contributed by atoms with Crippen molar-refractivity contribution in [3.8, 4) is 0 Å². The number of rotatable bonds is 3. The summed E-state index contributed by atoms with van der Waals surface area (Å²) in [5.74, 6) is 0. The molecule has 0 saturated carbocycles. The lowest BCUT2D eigenvalue weighted by Gasteiger charge is -2.20. The van der Waals surface area contributed by atoms with Gasteiger partial charge in [-0.25, -0.2) is 9.18 Å². The topological polar surface area (TPSA) is 55.6 Å². The molecule has 2 N–H and O–H groups in total. The third kappa shape index (κ3) is 2.98. The minimum absolute atomic E-state index is 0.219. The maximum atomic E-state index is 12.7. The molecule has 5 heteroatoms. The number of hydrogen-bond acceptors (Lipinski definition) is 3. The largest absolute Gasteiger partial charge is 0.445 e. The van der Waals surface area contributed by atoms with Gasteiger partial charge in [0.05, 0.1) is 5.54 Å². The van der Waals surface area contributed by atoms with Crippen molar-refractivity contribution in [2.75, 3.05) is 19.8 Å². The van der Waals surface area contributed by atoms with Gasteiger partial charge in [-0.3, -0.25) is 0 Å². The zero-order valence-corrected chi connectivity index (χ0v) is 10.1. The summed E-state index contributed by atoms with van der Waals surface area (Å²) in [5.41, 5.74) is 5.80.